The van der Waals surface area contributed by atoms with E-state index in [0.29, 0.717) is 16.6 Å². The summed E-state index contributed by atoms with van der Waals surface area (Å²) in [7, 11) is 1.58. The Morgan fingerprint density at radius 1 is 1.19 bits per heavy atom. The molecule has 2 amide bonds. The minimum atomic E-state index is -0.583. The van der Waals surface area contributed by atoms with Crippen molar-refractivity contribution in [1.82, 2.24) is 5.32 Å². The number of nitrogens with one attached hydrogen (secondary N) is 2. The summed E-state index contributed by atoms with van der Waals surface area (Å²) in [4.78, 5) is 24.8. The first-order valence-electron chi connectivity index (χ1n) is 10.2. The number of carbonyl (C=O) groups excluding carboxylic acids is 2. The molecule has 162 valence electrons. The average molecular weight is 439 g/mol. The van der Waals surface area contributed by atoms with Crippen LogP contribution in [0.2, 0.25) is 0 Å². The highest BCUT2D eigenvalue weighted by Gasteiger charge is 2.30. The SMILES string of the molecule is CCCC/C(=N/N=C1\NC(=O)CC(C(=O)Nc2ccc(OC)cc2)S1)c1ccccc1. The number of carbonyl (C=O) groups is 2. The smallest absolute Gasteiger partial charge is 0.238 e. The van der Waals surface area contributed by atoms with Gasteiger partial charge in [-0.25, -0.2) is 0 Å². The van der Waals surface area contributed by atoms with E-state index in [-0.39, 0.29) is 18.2 Å². The second-order valence-corrected chi connectivity index (χ2v) is 8.19. The molecule has 3 rings (SSSR count). The van der Waals surface area contributed by atoms with Crippen molar-refractivity contribution in [1.29, 1.82) is 0 Å². The molecule has 0 aliphatic carbocycles. The Morgan fingerprint density at radius 2 is 1.94 bits per heavy atom. The van der Waals surface area contributed by atoms with Gasteiger partial charge >= 0.3 is 0 Å². The van der Waals surface area contributed by atoms with Crippen LogP contribution in [-0.4, -0.2) is 35.1 Å². The van der Waals surface area contributed by atoms with Crippen molar-refractivity contribution < 1.29 is 14.3 Å². The van der Waals surface area contributed by atoms with E-state index in [1.165, 1.54) is 11.8 Å². The van der Waals surface area contributed by atoms with Gasteiger partial charge < -0.3 is 15.4 Å². The van der Waals surface area contributed by atoms with Crippen LogP contribution in [0, 0.1) is 0 Å². The number of anilines is 1. The number of methoxy groups -OCH3 is 1. The number of benzene rings is 2. The van der Waals surface area contributed by atoms with E-state index in [9.17, 15) is 9.59 Å². The topological polar surface area (TPSA) is 92.2 Å². The lowest BCUT2D eigenvalue weighted by Gasteiger charge is -2.21. The normalized spacial score (nSPS) is 17.9. The van der Waals surface area contributed by atoms with Gasteiger partial charge in [0.25, 0.3) is 0 Å². The first-order valence-corrected chi connectivity index (χ1v) is 11.1. The molecule has 1 aliphatic heterocycles. The number of ether oxygens (including phenoxy) is 1. The predicted molar refractivity (Wildman–Crippen MR) is 126 cm³/mol. The van der Waals surface area contributed by atoms with Gasteiger partial charge in [-0.15, -0.1) is 5.10 Å². The summed E-state index contributed by atoms with van der Waals surface area (Å²) >= 11 is 1.21. The number of rotatable bonds is 8. The van der Waals surface area contributed by atoms with Crippen LogP contribution in [0.4, 0.5) is 5.69 Å². The summed E-state index contributed by atoms with van der Waals surface area (Å²) < 4.78 is 5.12. The highest BCUT2D eigenvalue weighted by molar-refractivity contribution is 8.15. The molecule has 0 spiro atoms. The number of hydrogen-bond acceptors (Lipinski definition) is 6. The Morgan fingerprint density at radius 3 is 2.61 bits per heavy atom. The summed E-state index contributed by atoms with van der Waals surface area (Å²) in [6.45, 7) is 2.12. The summed E-state index contributed by atoms with van der Waals surface area (Å²) in [5.74, 6) is 0.197. The van der Waals surface area contributed by atoms with Crippen LogP contribution in [0.15, 0.2) is 64.8 Å². The quantitative estimate of drug-likeness (QED) is 0.477. The van der Waals surface area contributed by atoms with E-state index in [2.05, 4.69) is 27.8 Å². The molecule has 1 unspecified atom stereocenters. The second kappa shape index (κ2) is 11.3. The molecule has 0 saturated carbocycles. The molecule has 2 N–H and O–H groups in total. The maximum atomic E-state index is 12.7. The third kappa shape index (κ3) is 6.68. The highest BCUT2D eigenvalue weighted by atomic mass is 32.2. The average Bonchev–Trinajstić information content (AvgIpc) is 2.80. The molecule has 2 aromatic rings. The Kier molecular flexibility index (Phi) is 8.23. The fourth-order valence-corrected chi connectivity index (χ4v) is 3.90. The molecule has 2 aromatic carbocycles. The molecule has 1 atom stereocenters. The fourth-order valence-electron chi connectivity index (χ4n) is 2.97. The number of hydrogen-bond donors (Lipinski definition) is 2. The van der Waals surface area contributed by atoms with Gasteiger partial charge in [-0.05, 0) is 42.7 Å². The van der Waals surface area contributed by atoms with Crippen LogP contribution >= 0.6 is 11.8 Å². The van der Waals surface area contributed by atoms with Gasteiger partial charge in [-0.2, -0.15) is 5.10 Å². The van der Waals surface area contributed by atoms with Gasteiger partial charge in [0.1, 0.15) is 11.0 Å². The zero-order valence-corrected chi connectivity index (χ0v) is 18.4. The van der Waals surface area contributed by atoms with Crippen LogP contribution in [0.3, 0.4) is 0 Å². The first kappa shape index (κ1) is 22.6. The molecule has 0 radical (unpaired) electrons. The Hall–Kier alpha value is -3.13. The number of thioether (sulfide) groups is 1. The third-order valence-corrected chi connectivity index (χ3v) is 5.73. The molecule has 1 saturated heterocycles. The third-order valence-electron chi connectivity index (χ3n) is 4.66. The molecular weight excluding hydrogens is 412 g/mol. The van der Waals surface area contributed by atoms with Gasteiger partial charge in [0, 0.05) is 12.1 Å². The minimum absolute atomic E-state index is 0.0801. The van der Waals surface area contributed by atoms with Crippen molar-refractivity contribution in [2.75, 3.05) is 12.4 Å². The zero-order valence-electron chi connectivity index (χ0n) is 17.6. The van der Waals surface area contributed by atoms with Crippen molar-refractivity contribution >= 4 is 40.1 Å². The molecule has 1 heterocycles. The van der Waals surface area contributed by atoms with Crippen LogP contribution in [0.25, 0.3) is 0 Å². The molecule has 1 aliphatic rings. The van der Waals surface area contributed by atoms with Gasteiger partial charge in [-0.3, -0.25) is 9.59 Å². The maximum Gasteiger partial charge on any atom is 0.238 e. The van der Waals surface area contributed by atoms with E-state index in [4.69, 9.17) is 4.74 Å². The minimum Gasteiger partial charge on any atom is -0.497 e. The summed E-state index contributed by atoms with van der Waals surface area (Å²) in [6.07, 6.45) is 2.90. The van der Waals surface area contributed by atoms with Gasteiger partial charge in [0.05, 0.1) is 12.8 Å². The van der Waals surface area contributed by atoms with Crippen molar-refractivity contribution in [2.24, 2.45) is 10.2 Å². The van der Waals surface area contributed by atoms with Gasteiger partial charge in [-0.1, -0.05) is 55.4 Å². The van der Waals surface area contributed by atoms with E-state index in [0.717, 1.165) is 30.5 Å². The van der Waals surface area contributed by atoms with Crippen molar-refractivity contribution in [3.05, 3.63) is 60.2 Å². The molecular formula is C23H26N4O3S. The lowest BCUT2D eigenvalue weighted by Crippen LogP contribution is -2.41. The summed E-state index contributed by atoms with van der Waals surface area (Å²) in [5, 5.41) is 14.0. The largest absolute Gasteiger partial charge is 0.497 e. The molecule has 0 aromatic heterocycles. The summed E-state index contributed by atoms with van der Waals surface area (Å²) in [6, 6.07) is 16.9. The predicted octanol–water partition coefficient (Wildman–Crippen LogP) is 4.21. The number of amides is 2. The number of unbranched alkanes of at least 4 members (excludes halogenated alkanes) is 1. The van der Waals surface area contributed by atoms with Gasteiger partial charge in [0.2, 0.25) is 11.8 Å². The van der Waals surface area contributed by atoms with Crippen LogP contribution in [0.5, 0.6) is 5.75 Å². The number of amidine groups is 1. The standard InChI is InChI=1S/C23H26N4O3S/c1-3-4-10-19(16-8-6-5-7-9-16)26-27-23-25-21(28)15-20(31-23)22(29)24-17-11-13-18(30-2)14-12-17/h5-9,11-14,20H,3-4,10,15H2,1-2H3,(H,24,29)(H,25,27,28)/b26-19-. The Bertz CT molecular complexity index is 959. The monoisotopic (exact) mass is 438 g/mol. The molecule has 7 nitrogen and oxygen atoms in total. The molecule has 1 fully saturated rings. The van der Waals surface area contributed by atoms with Crippen LogP contribution < -0.4 is 15.4 Å². The fraction of sp³-hybridized carbons (Fsp3) is 0.304. The van der Waals surface area contributed by atoms with E-state index >= 15 is 0 Å². The lowest BCUT2D eigenvalue weighted by atomic mass is 10.1. The van der Waals surface area contributed by atoms with Crippen LogP contribution in [0.1, 0.15) is 38.2 Å². The van der Waals surface area contributed by atoms with E-state index in [1.54, 1.807) is 31.4 Å². The first-order chi connectivity index (χ1) is 15.1. The van der Waals surface area contributed by atoms with Crippen molar-refractivity contribution in [3.63, 3.8) is 0 Å². The maximum absolute atomic E-state index is 12.7. The summed E-state index contributed by atoms with van der Waals surface area (Å²) in [5.41, 5.74) is 2.50. The Balaban J connectivity index is 1.72. The molecule has 0 bridgehead atoms. The van der Waals surface area contributed by atoms with E-state index < -0.39 is 5.25 Å². The molecule has 8 heteroatoms. The van der Waals surface area contributed by atoms with Crippen molar-refractivity contribution in [3.8, 4) is 5.75 Å². The van der Waals surface area contributed by atoms with Crippen LogP contribution in [-0.2, 0) is 9.59 Å². The Labute approximate surface area is 186 Å². The van der Waals surface area contributed by atoms with E-state index in [1.807, 2.05) is 30.3 Å². The number of nitrogens with zero attached hydrogens (tertiary/aromatic N) is 2. The zero-order chi connectivity index (χ0) is 22.1. The lowest BCUT2D eigenvalue weighted by molar-refractivity contribution is -0.123. The second-order valence-electron chi connectivity index (χ2n) is 7.00. The van der Waals surface area contributed by atoms with Crippen molar-refractivity contribution in [2.45, 2.75) is 37.9 Å². The van der Waals surface area contributed by atoms with Gasteiger partial charge in [0.15, 0.2) is 5.17 Å². The highest BCUT2D eigenvalue weighted by Crippen LogP contribution is 2.23. The molecule has 31 heavy (non-hydrogen) atoms.